The first-order valence-electron chi connectivity index (χ1n) is 11.0. The van der Waals surface area contributed by atoms with Gasteiger partial charge in [-0.1, -0.05) is 6.08 Å². The van der Waals surface area contributed by atoms with Crippen molar-refractivity contribution in [2.45, 2.75) is 19.0 Å². The number of primary amides is 1. The molecule has 9 heteroatoms. The van der Waals surface area contributed by atoms with Crippen LogP contribution in [0.15, 0.2) is 60.9 Å². The highest BCUT2D eigenvalue weighted by atomic mass is 19.1. The monoisotopic (exact) mass is 462 g/mol. The van der Waals surface area contributed by atoms with Crippen LogP contribution < -0.4 is 5.73 Å². The quantitative estimate of drug-likeness (QED) is 0.545. The topological polar surface area (TPSA) is 97.3 Å². The van der Waals surface area contributed by atoms with Crippen LogP contribution in [0.3, 0.4) is 0 Å². The highest BCUT2D eigenvalue weighted by Gasteiger charge is 2.33. The lowest BCUT2D eigenvalue weighted by Crippen LogP contribution is -2.42. The first kappa shape index (κ1) is 23.3. The molecule has 0 bridgehead atoms. The van der Waals surface area contributed by atoms with Gasteiger partial charge in [0.2, 0.25) is 11.8 Å². The lowest BCUT2D eigenvalue weighted by Gasteiger charge is -2.33. The molecule has 0 unspecified atom stereocenters. The van der Waals surface area contributed by atoms with Crippen molar-refractivity contribution in [1.82, 2.24) is 24.6 Å². The number of pyridine rings is 1. The second-order valence-electron chi connectivity index (χ2n) is 8.57. The molecule has 1 aliphatic rings. The Morgan fingerprint density at radius 2 is 1.85 bits per heavy atom. The van der Waals surface area contributed by atoms with E-state index in [9.17, 15) is 14.0 Å². The van der Waals surface area contributed by atoms with Gasteiger partial charge in [-0.25, -0.2) is 4.39 Å². The largest absolute Gasteiger partial charge is 0.370 e. The van der Waals surface area contributed by atoms with Gasteiger partial charge in [-0.15, -0.1) is 0 Å². The third-order valence-corrected chi connectivity index (χ3v) is 5.69. The molecule has 176 valence electrons. The molecule has 0 fully saturated rings. The predicted molar refractivity (Wildman–Crippen MR) is 127 cm³/mol. The summed E-state index contributed by atoms with van der Waals surface area (Å²) in [6.07, 6.45) is 6.78. The van der Waals surface area contributed by atoms with Crippen molar-refractivity contribution < 1.29 is 14.0 Å². The number of rotatable bonds is 7. The number of carbonyl (C=O) groups is 2. The van der Waals surface area contributed by atoms with Crippen LogP contribution in [-0.4, -0.2) is 63.6 Å². The molecule has 0 radical (unpaired) electrons. The Bertz CT molecular complexity index is 1200. The van der Waals surface area contributed by atoms with Crippen molar-refractivity contribution in [3.8, 4) is 22.4 Å². The standard InChI is InChI=1S/C25H27FN6O2/c1-30(2)13-3-4-23(34)31-15-20(14-22(27)33)32-21(16-31)24(17-9-11-28-12-10-17)25(29-32)18-5-7-19(26)8-6-18/h3-12,20H,13-16H2,1-2H3,(H2,27,33)/b4-3+/t20-/m1/s1. The van der Waals surface area contributed by atoms with Crippen LogP contribution in [0.2, 0.25) is 0 Å². The molecule has 0 spiro atoms. The number of aromatic nitrogens is 3. The zero-order chi connectivity index (χ0) is 24.2. The molecule has 3 aromatic rings. The number of halogens is 1. The molecular weight excluding hydrogens is 435 g/mol. The predicted octanol–water partition coefficient (Wildman–Crippen LogP) is 2.63. The second kappa shape index (κ2) is 9.96. The Morgan fingerprint density at radius 3 is 2.50 bits per heavy atom. The molecule has 1 aliphatic heterocycles. The van der Waals surface area contributed by atoms with E-state index < -0.39 is 11.9 Å². The number of hydrogen-bond acceptors (Lipinski definition) is 5. The molecule has 2 amide bonds. The Kier molecular flexibility index (Phi) is 6.83. The Labute approximate surface area is 197 Å². The molecule has 1 aromatic carbocycles. The third-order valence-electron chi connectivity index (χ3n) is 5.69. The van der Waals surface area contributed by atoms with Gasteiger partial charge in [-0.3, -0.25) is 19.3 Å². The lowest BCUT2D eigenvalue weighted by atomic mass is 9.98. The lowest BCUT2D eigenvalue weighted by molar-refractivity contribution is -0.129. The Morgan fingerprint density at radius 1 is 1.15 bits per heavy atom. The maximum Gasteiger partial charge on any atom is 0.246 e. The molecule has 0 saturated carbocycles. The van der Waals surface area contributed by atoms with Crippen molar-refractivity contribution >= 4 is 11.8 Å². The maximum atomic E-state index is 13.6. The van der Waals surface area contributed by atoms with Crippen LogP contribution in [0.1, 0.15) is 18.2 Å². The zero-order valence-corrected chi connectivity index (χ0v) is 19.2. The van der Waals surface area contributed by atoms with E-state index in [1.807, 2.05) is 37.2 Å². The van der Waals surface area contributed by atoms with Gasteiger partial charge in [0, 0.05) is 42.7 Å². The third kappa shape index (κ3) is 5.04. The summed E-state index contributed by atoms with van der Waals surface area (Å²) in [6, 6.07) is 9.43. The minimum atomic E-state index is -0.474. The van der Waals surface area contributed by atoms with Gasteiger partial charge in [0.05, 0.1) is 24.7 Å². The number of amides is 2. The Balaban J connectivity index is 1.83. The summed E-state index contributed by atoms with van der Waals surface area (Å²) in [5.41, 5.74) is 9.40. The summed E-state index contributed by atoms with van der Waals surface area (Å²) in [4.78, 5) is 32.7. The van der Waals surface area contributed by atoms with Crippen LogP contribution in [0, 0.1) is 5.82 Å². The number of hydrogen-bond donors (Lipinski definition) is 1. The minimum Gasteiger partial charge on any atom is -0.370 e. The number of likely N-dealkylation sites (N-methyl/N-ethyl adjacent to an activating group) is 1. The Hall–Kier alpha value is -3.85. The van der Waals surface area contributed by atoms with Crippen LogP contribution in [0.25, 0.3) is 22.4 Å². The minimum absolute atomic E-state index is 0.0402. The van der Waals surface area contributed by atoms with Crippen LogP contribution >= 0.6 is 0 Å². The van der Waals surface area contributed by atoms with Gasteiger partial charge < -0.3 is 15.5 Å². The zero-order valence-electron chi connectivity index (χ0n) is 19.2. The number of nitrogens with two attached hydrogens (primary N) is 1. The van der Waals surface area contributed by atoms with Crippen molar-refractivity contribution in [2.24, 2.45) is 5.73 Å². The molecular formula is C25H27FN6O2. The fourth-order valence-corrected chi connectivity index (χ4v) is 4.15. The van der Waals surface area contributed by atoms with E-state index in [4.69, 9.17) is 10.8 Å². The SMILES string of the molecule is CN(C)C/C=C/C(=O)N1Cc2c(-c3ccncc3)c(-c3ccc(F)cc3)nn2[C@H](CC(N)=O)C1. The fraction of sp³-hybridized carbons (Fsp3) is 0.280. The summed E-state index contributed by atoms with van der Waals surface area (Å²) in [7, 11) is 3.85. The first-order valence-corrected chi connectivity index (χ1v) is 11.0. The molecule has 8 nitrogen and oxygen atoms in total. The van der Waals surface area contributed by atoms with Crippen molar-refractivity contribution in [3.05, 3.63) is 72.5 Å². The van der Waals surface area contributed by atoms with E-state index in [0.29, 0.717) is 25.3 Å². The summed E-state index contributed by atoms with van der Waals surface area (Å²) in [6.45, 7) is 1.26. The molecule has 1 atom stereocenters. The fourth-order valence-electron chi connectivity index (χ4n) is 4.15. The molecule has 0 saturated heterocycles. The van der Waals surface area contributed by atoms with E-state index in [1.54, 1.807) is 40.2 Å². The molecule has 4 rings (SSSR count). The van der Waals surface area contributed by atoms with Crippen molar-refractivity contribution in [3.63, 3.8) is 0 Å². The van der Waals surface area contributed by atoms with Crippen molar-refractivity contribution in [2.75, 3.05) is 27.2 Å². The average Bonchev–Trinajstić information content (AvgIpc) is 3.19. The smallest absolute Gasteiger partial charge is 0.246 e. The highest BCUT2D eigenvalue weighted by Crippen LogP contribution is 2.39. The van der Waals surface area contributed by atoms with E-state index in [0.717, 1.165) is 22.4 Å². The van der Waals surface area contributed by atoms with Crippen molar-refractivity contribution in [1.29, 1.82) is 0 Å². The summed E-state index contributed by atoms with van der Waals surface area (Å²) in [5, 5.41) is 4.84. The number of benzene rings is 1. The van der Waals surface area contributed by atoms with Gasteiger partial charge in [0.25, 0.3) is 0 Å². The van der Waals surface area contributed by atoms with Gasteiger partial charge in [-0.05, 0) is 56.1 Å². The van der Waals surface area contributed by atoms with Gasteiger partial charge in [0.1, 0.15) is 11.5 Å². The molecule has 2 aromatic heterocycles. The van der Waals surface area contributed by atoms with E-state index in [-0.39, 0.29) is 18.1 Å². The molecule has 34 heavy (non-hydrogen) atoms. The normalized spacial score (nSPS) is 15.6. The van der Waals surface area contributed by atoms with Crippen LogP contribution in [0.5, 0.6) is 0 Å². The first-order chi connectivity index (χ1) is 16.3. The molecule has 2 N–H and O–H groups in total. The van der Waals surface area contributed by atoms with Gasteiger partial charge in [-0.2, -0.15) is 5.10 Å². The van der Waals surface area contributed by atoms with E-state index in [2.05, 4.69) is 4.98 Å². The maximum absolute atomic E-state index is 13.6. The summed E-state index contributed by atoms with van der Waals surface area (Å²) >= 11 is 0. The number of fused-ring (bicyclic) bond motifs is 1. The summed E-state index contributed by atoms with van der Waals surface area (Å²) < 4.78 is 15.4. The number of carbonyl (C=O) groups excluding carboxylic acids is 2. The number of nitrogens with zero attached hydrogens (tertiary/aromatic N) is 5. The van der Waals surface area contributed by atoms with Gasteiger partial charge >= 0.3 is 0 Å². The van der Waals surface area contributed by atoms with E-state index >= 15 is 0 Å². The van der Waals surface area contributed by atoms with Crippen LogP contribution in [-0.2, 0) is 16.1 Å². The molecule has 0 aliphatic carbocycles. The highest BCUT2D eigenvalue weighted by molar-refractivity contribution is 5.89. The van der Waals surface area contributed by atoms with Gasteiger partial charge in [0.15, 0.2) is 0 Å². The van der Waals surface area contributed by atoms with E-state index in [1.165, 1.54) is 12.1 Å². The summed E-state index contributed by atoms with van der Waals surface area (Å²) in [5.74, 6) is -0.962. The second-order valence-corrected chi connectivity index (χ2v) is 8.57. The molecule has 3 heterocycles. The van der Waals surface area contributed by atoms with Crippen LogP contribution in [0.4, 0.5) is 4.39 Å². The average molecular weight is 463 g/mol.